The first-order chi connectivity index (χ1) is 9.61. The molecule has 0 N–H and O–H groups in total. The van der Waals surface area contributed by atoms with Crippen molar-refractivity contribution in [3.63, 3.8) is 0 Å². The summed E-state index contributed by atoms with van der Waals surface area (Å²) in [6, 6.07) is 0. The first-order valence-corrected chi connectivity index (χ1v) is 8.23. The van der Waals surface area contributed by atoms with E-state index in [0.29, 0.717) is 29.6 Å². The van der Waals surface area contributed by atoms with E-state index in [2.05, 4.69) is 5.10 Å². The van der Waals surface area contributed by atoms with Crippen molar-refractivity contribution in [1.82, 2.24) is 9.78 Å². The Hall–Kier alpha value is -0.830. The molecule has 1 fully saturated rings. The molecule has 0 atom stereocenters. The lowest BCUT2D eigenvalue weighted by molar-refractivity contribution is -0.119. The molecule has 1 aliphatic carbocycles. The zero-order valence-electron chi connectivity index (χ0n) is 12.6. The molecular weight excluding hydrogens is 272 g/mol. The van der Waals surface area contributed by atoms with Crippen LogP contribution in [0, 0.1) is 12.8 Å². The Balaban J connectivity index is 1.97. The van der Waals surface area contributed by atoms with Crippen molar-refractivity contribution in [1.29, 1.82) is 0 Å². The third kappa shape index (κ3) is 3.85. The van der Waals surface area contributed by atoms with E-state index in [1.807, 2.05) is 18.5 Å². The SMILES string of the molecule is CCn1nc(C)c(Cl)c1CC(=O)CC1CCCCCC1. The first-order valence-electron chi connectivity index (χ1n) is 7.85. The molecule has 0 saturated heterocycles. The van der Waals surface area contributed by atoms with E-state index >= 15 is 0 Å². The van der Waals surface area contributed by atoms with Crippen LogP contribution in [-0.4, -0.2) is 15.6 Å². The molecule has 0 aromatic carbocycles. The molecule has 0 unspecified atom stereocenters. The third-order valence-corrected chi connectivity index (χ3v) is 4.80. The number of carbonyl (C=O) groups is 1. The van der Waals surface area contributed by atoms with E-state index in [1.165, 1.54) is 38.5 Å². The highest BCUT2D eigenvalue weighted by Crippen LogP contribution is 2.27. The predicted molar refractivity (Wildman–Crippen MR) is 82.2 cm³/mol. The average molecular weight is 297 g/mol. The number of aryl methyl sites for hydroxylation is 2. The maximum absolute atomic E-state index is 12.3. The van der Waals surface area contributed by atoms with Crippen LogP contribution < -0.4 is 0 Å². The molecule has 1 heterocycles. The molecule has 0 bridgehead atoms. The highest BCUT2D eigenvalue weighted by molar-refractivity contribution is 6.32. The van der Waals surface area contributed by atoms with Gasteiger partial charge in [-0.15, -0.1) is 0 Å². The van der Waals surface area contributed by atoms with Gasteiger partial charge in [-0.25, -0.2) is 0 Å². The number of halogens is 1. The molecule has 0 radical (unpaired) electrons. The van der Waals surface area contributed by atoms with Crippen LogP contribution in [0.1, 0.15) is 63.3 Å². The predicted octanol–water partition coefficient (Wildman–Crippen LogP) is 4.34. The number of ketones is 1. The topological polar surface area (TPSA) is 34.9 Å². The summed E-state index contributed by atoms with van der Waals surface area (Å²) in [5.74, 6) is 0.899. The Morgan fingerprint density at radius 3 is 2.55 bits per heavy atom. The highest BCUT2D eigenvalue weighted by Gasteiger charge is 2.20. The lowest BCUT2D eigenvalue weighted by atomic mass is 9.93. The summed E-state index contributed by atoms with van der Waals surface area (Å²) in [6.45, 7) is 4.69. The molecule has 1 aromatic heterocycles. The molecule has 4 heteroatoms. The van der Waals surface area contributed by atoms with Gasteiger partial charge in [0.2, 0.25) is 0 Å². The standard InChI is InChI=1S/C16H25ClN2O/c1-3-19-15(16(17)12(2)18-19)11-14(20)10-13-8-6-4-5-7-9-13/h13H,3-11H2,1-2H3. The first kappa shape index (κ1) is 15.6. The maximum atomic E-state index is 12.3. The summed E-state index contributed by atoms with van der Waals surface area (Å²) >= 11 is 6.27. The van der Waals surface area contributed by atoms with Crippen molar-refractivity contribution in [2.45, 2.75) is 71.8 Å². The summed E-state index contributed by atoms with van der Waals surface area (Å²) in [7, 11) is 0. The van der Waals surface area contributed by atoms with E-state index < -0.39 is 0 Å². The zero-order chi connectivity index (χ0) is 14.5. The number of hydrogen-bond donors (Lipinski definition) is 0. The molecule has 0 amide bonds. The van der Waals surface area contributed by atoms with Crippen LogP contribution in [-0.2, 0) is 17.8 Å². The zero-order valence-corrected chi connectivity index (χ0v) is 13.4. The molecule has 1 aromatic rings. The van der Waals surface area contributed by atoms with Crippen molar-refractivity contribution in [3.05, 3.63) is 16.4 Å². The second-order valence-corrected chi connectivity index (χ2v) is 6.32. The summed E-state index contributed by atoms with van der Waals surface area (Å²) in [5.41, 5.74) is 1.72. The number of rotatable bonds is 5. The molecule has 112 valence electrons. The van der Waals surface area contributed by atoms with Crippen LogP contribution in [0.15, 0.2) is 0 Å². The van der Waals surface area contributed by atoms with Crippen molar-refractivity contribution in [2.24, 2.45) is 5.92 Å². The van der Waals surface area contributed by atoms with Gasteiger partial charge in [0.1, 0.15) is 5.78 Å². The van der Waals surface area contributed by atoms with Crippen LogP contribution >= 0.6 is 11.6 Å². The van der Waals surface area contributed by atoms with Gasteiger partial charge >= 0.3 is 0 Å². The van der Waals surface area contributed by atoms with Gasteiger partial charge in [0, 0.05) is 19.4 Å². The van der Waals surface area contributed by atoms with Crippen LogP contribution in [0.5, 0.6) is 0 Å². The number of Topliss-reactive ketones (excluding diaryl/α,β-unsaturated/α-hetero) is 1. The van der Waals surface area contributed by atoms with Gasteiger partial charge in [0.15, 0.2) is 0 Å². The van der Waals surface area contributed by atoms with Crippen LogP contribution in [0.2, 0.25) is 5.02 Å². The molecule has 3 nitrogen and oxygen atoms in total. The third-order valence-electron chi connectivity index (χ3n) is 4.31. The van der Waals surface area contributed by atoms with Crippen LogP contribution in [0.25, 0.3) is 0 Å². The summed E-state index contributed by atoms with van der Waals surface area (Å²) in [5, 5.41) is 5.04. The van der Waals surface area contributed by atoms with E-state index in [1.54, 1.807) is 0 Å². The van der Waals surface area contributed by atoms with Gasteiger partial charge < -0.3 is 0 Å². The van der Waals surface area contributed by atoms with Crippen molar-refractivity contribution in [3.8, 4) is 0 Å². The van der Waals surface area contributed by atoms with Gasteiger partial charge in [0.05, 0.1) is 16.4 Å². The molecule has 20 heavy (non-hydrogen) atoms. The fourth-order valence-electron chi connectivity index (χ4n) is 3.19. The van der Waals surface area contributed by atoms with Crippen molar-refractivity contribution >= 4 is 17.4 Å². The average Bonchev–Trinajstić information content (AvgIpc) is 2.64. The summed E-state index contributed by atoms with van der Waals surface area (Å²) in [4.78, 5) is 12.3. The smallest absolute Gasteiger partial charge is 0.139 e. The van der Waals surface area contributed by atoms with E-state index in [9.17, 15) is 4.79 Å². The van der Waals surface area contributed by atoms with Crippen LogP contribution in [0.3, 0.4) is 0 Å². The minimum absolute atomic E-state index is 0.313. The number of aromatic nitrogens is 2. The van der Waals surface area contributed by atoms with Gasteiger partial charge in [-0.3, -0.25) is 9.48 Å². The second kappa shape index (κ2) is 7.26. The monoisotopic (exact) mass is 296 g/mol. The minimum atomic E-state index is 0.313. The highest BCUT2D eigenvalue weighted by atomic mass is 35.5. The fourth-order valence-corrected chi connectivity index (χ4v) is 3.39. The lowest BCUT2D eigenvalue weighted by Gasteiger charge is -2.13. The largest absolute Gasteiger partial charge is 0.299 e. The molecule has 1 saturated carbocycles. The van der Waals surface area contributed by atoms with Gasteiger partial charge in [-0.2, -0.15) is 5.10 Å². The van der Waals surface area contributed by atoms with E-state index in [-0.39, 0.29) is 0 Å². The Labute approximate surface area is 126 Å². The van der Waals surface area contributed by atoms with Crippen LogP contribution in [0.4, 0.5) is 0 Å². The van der Waals surface area contributed by atoms with Crippen molar-refractivity contribution < 1.29 is 4.79 Å². The number of nitrogens with zero attached hydrogens (tertiary/aromatic N) is 2. The normalized spacial score (nSPS) is 17.1. The molecule has 1 aliphatic rings. The van der Waals surface area contributed by atoms with E-state index in [0.717, 1.165) is 17.9 Å². The quantitative estimate of drug-likeness (QED) is 0.758. The second-order valence-electron chi connectivity index (χ2n) is 5.94. The fraction of sp³-hybridized carbons (Fsp3) is 0.750. The molecule has 0 spiro atoms. The maximum Gasteiger partial charge on any atom is 0.139 e. The van der Waals surface area contributed by atoms with Gasteiger partial charge in [-0.05, 0) is 19.8 Å². The van der Waals surface area contributed by atoms with Gasteiger partial charge in [-0.1, -0.05) is 50.1 Å². The number of hydrogen-bond acceptors (Lipinski definition) is 2. The minimum Gasteiger partial charge on any atom is -0.299 e. The summed E-state index contributed by atoms with van der Waals surface area (Å²) in [6.07, 6.45) is 8.80. The number of carbonyl (C=O) groups excluding carboxylic acids is 1. The Kier molecular flexibility index (Phi) is 5.64. The summed E-state index contributed by atoms with van der Waals surface area (Å²) < 4.78 is 1.86. The molecule has 2 rings (SSSR count). The Morgan fingerprint density at radius 2 is 1.95 bits per heavy atom. The van der Waals surface area contributed by atoms with E-state index in [4.69, 9.17) is 11.6 Å². The van der Waals surface area contributed by atoms with Crippen molar-refractivity contribution in [2.75, 3.05) is 0 Å². The lowest BCUT2D eigenvalue weighted by Crippen LogP contribution is -2.13. The van der Waals surface area contributed by atoms with Gasteiger partial charge in [0.25, 0.3) is 0 Å². The molecule has 0 aliphatic heterocycles. The molecular formula is C16H25ClN2O. The Bertz CT molecular complexity index is 459. The Morgan fingerprint density at radius 1 is 1.30 bits per heavy atom.